The van der Waals surface area contributed by atoms with Gasteiger partial charge in [-0.05, 0) is 148 Å². The van der Waals surface area contributed by atoms with E-state index in [0.29, 0.717) is 19.3 Å². The van der Waals surface area contributed by atoms with Crippen LogP contribution in [-0.4, -0.2) is 37.2 Å². The van der Waals surface area contributed by atoms with Crippen molar-refractivity contribution in [3.8, 4) is 0 Å². The molecule has 0 aromatic heterocycles. The van der Waals surface area contributed by atoms with E-state index in [4.69, 9.17) is 14.2 Å². The van der Waals surface area contributed by atoms with Crippen molar-refractivity contribution in [2.24, 2.45) is 0 Å². The normalized spacial score (nSPS) is 13.1. The van der Waals surface area contributed by atoms with Crippen LogP contribution >= 0.6 is 0 Å². The van der Waals surface area contributed by atoms with Crippen molar-refractivity contribution in [3.63, 3.8) is 0 Å². The molecule has 0 aliphatic carbocycles. The van der Waals surface area contributed by atoms with E-state index in [1.54, 1.807) is 0 Å². The minimum Gasteiger partial charge on any atom is -0.462 e. The molecule has 0 bridgehead atoms. The second kappa shape index (κ2) is 68.8. The summed E-state index contributed by atoms with van der Waals surface area (Å²) in [5, 5.41) is 0. The summed E-state index contributed by atoms with van der Waals surface area (Å²) in [5.74, 6) is -0.929. The maximum atomic E-state index is 12.9. The number of esters is 3. The third-order valence-corrected chi connectivity index (χ3v) is 14.0. The molecular weight excluding hydrogens is 1010 g/mol. The number of allylic oxidation sites excluding steroid dienone is 24. The second-order valence-electron chi connectivity index (χ2n) is 22.0. The quantitative estimate of drug-likeness (QED) is 0.0261. The van der Waals surface area contributed by atoms with Gasteiger partial charge in [0, 0.05) is 19.3 Å². The van der Waals surface area contributed by atoms with Gasteiger partial charge in [-0.15, -0.1) is 0 Å². The van der Waals surface area contributed by atoms with E-state index in [1.807, 2.05) is 0 Å². The van der Waals surface area contributed by atoms with Gasteiger partial charge in [-0.25, -0.2) is 0 Å². The van der Waals surface area contributed by atoms with Crippen molar-refractivity contribution in [2.45, 2.75) is 303 Å². The van der Waals surface area contributed by atoms with E-state index in [0.717, 1.165) is 167 Å². The summed E-state index contributed by atoms with van der Waals surface area (Å²) >= 11 is 0. The lowest BCUT2D eigenvalue weighted by atomic mass is 10.1. The van der Waals surface area contributed by atoms with E-state index in [9.17, 15) is 14.4 Å². The molecule has 0 fully saturated rings. The van der Waals surface area contributed by atoms with Crippen LogP contribution < -0.4 is 0 Å². The number of carbonyl (C=O) groups excluding carboxylic acids is 3. The molecule has 1 unspecified atom stereocenters. The molecule has 6 heteroatoms. The van der Waals surface area contributed by atoms with Crippen LogP contribution in [0.3, 0.4) is 0 Å². The Bertz CT molecular complexity index is 1780. The largest absolute Gasteiger partial charge is 0.462 e. The molecule has 6 nitrogen and oxygen atoms in total. The third-order valence-electron chi connectivity index (χ3n) is 14.0. The summed E-state index contributed by atoms with van der Waals surface area (Å²) in [4.78, 5) is 38.4. The van der Waals surface area contributed by atoms with Crippen molar-refractivity contribution in [2.75, 3.05) is 13.2 Å². The fourth-order valence-corrected chi connectivity index (χ4v) is 8.99. The molecule has 0 N–H and O–H groups in total. The van der Waals surface area contributed by atoms with E-state index in [1.165, 1.54) is 89.9 Å². The van der Waals surface area contributed by atoms with Crippen molar-refractivity contribution in [1.82, 2.24) is 0 Å². The third kappa shape index (κ3) is 66.1. The predicted octanol–water partition coefficient (Wildman–Crippen LogP) is 23.5. The Labute approximate surface area is 506 Å². The first-order chi connectivity index (χ1) is 40.5. The molecule has 0 aliphatic heterocycles. The fraction of sp³-hybridized carbons (Fsp3) is 0.645. The zero-order chi connectivity index (χ0) is 59.2. The fourth-order valence-electron chi connectivity index (χ4n) is 8.99. The molecule has 0 saturated heterocycles. The average Bonchev–Trinajstić information content (AvgIpc) is 3.47. The summed E-state index contributed by atoms with van der Waals surface area (Å²) in [6.07, 6.45) is 98.5. The standard InChI is InChI=1S/C76H124O6/c1-4-7-10-13-16-19-22-25-28-30-31-32-33-34-35-36-37-38-39-40-41-42-43-44-45-46-49-51-54-57-60-63-66-69-75(78)81-72-73(71-80-74(77)68-65-62-59-56-53-50-47-27-24-21-18-15-12-9-6-3)82-76(79)70-67-64-61-58-55-52-48-29-26-23-20-17-14-11-8-5-2/h7,10,16,18-21,23,25,27-29,31-32,34-35,37-38,40-41,43-44,47-48,73H,4-6,8-9,11-15,17,22,24,26,30,33,36,39,42,45-46,49-72H2,1-3H3/b10-7-,19-16-,21-18-,23-20-,28-25-,32-31-,35-34-,38-37-,41-40-,44-43-,47-27-,48-29-. The Morgan fingerprint density at radius 3 is 0.768 bits per heavy atom. The molecular formula is C76H124O6. The molecule has 464 valence electrons. The van der Waals surface area contributed by atoms with E-state index >= 15 is 0 Å². The zero-order valence-electron chi connectivity index (χ0n) is 53.2. The summed E-state index contributed by atoms with van der Waals surface area (Å²) in [6, 6.07) is 0. The number of carbonyl (C=O) groups is 3. The average molecular weight is 1130 g/mol. The molecule has 82 heavy (non-hydrogen) atoms. The van der Waals surface area contributed by atoms with Gasteiger partial charge < -0.3 is 14.2 Å². The monoisotopic (exact) mass is 1130 g/mol. The molecule has 1 atom stereocenters. The first-order valence-corrected chi connectivity index (χ1v) is 33.8. The highest BCUT2D eigenvalue weighted by Crippen LogP contribution is 2.15. The highest BCUT2D eigenvalue weighted by Gasteiger charge is 2.19. The number of hydrogen-bond donors (Lipinski definition) is 0. The van der Waals surface area contributed by atoms with Gasteiger partial charge in [0.1, 0.15) is 13.2 Å². The molecule has 0 spiro atoms. The maximum Gasteiger partial charge on any atom is 0.306 e. The minimum absolute atomic E-state index is 0.0965. The van der Waals surface area contributed by atoms with Crippen molar-refractivity contribution in [3.05, 3.63) is 146 Å². The van der Waals surface area contributed by atoms with Gasteiger partial charge in [-0.1, -0.05) is 276 Å². The molecule has 0 aliphatic rings. The van der Waals surface area contributed by atoms with Gasteiger partial charge in [0.25, 0.3) is 0 Å². The predicted molar refractivity (Wildman–Crippen MR) is 357 cm³/mol. The smallest absolute Gasteiger partial charge is 0.306 e. The van der Waals surface area contributed by atoms with Crippen LogP contribution in [0.15, 0.2) is 146 Å². The van der Waals surface area contributed by atoms with Crippen LogP contribution in [0.2, 0.25) is 0 Å². The Morgan fingerprint density at radius 1 is 0.256 bits per heavy atom. The Hall–Kier alpha value is -4.71. The van der Waals surface area contributed by atoms with Gasteiger partial charge in [-0.2, -0.15) is 0 Å². The van der Waals surface area contributed by atoms with Crippen LogP contribution in [0, 0.1) is 0 Å². The van der Waals surface area contributed by atoms with E-state index in [-0.39, 0.29) is 31.1 Å². The number of rotatable bonds is 60. The Balaban J connectivity index is 4.34. The number of ether oxygens (including phenoxy) is 3. The topological polar surface area (TPSA) is 78.9 Å². The Morgan fingerprint density at radius 2 is 0.476 bits per heavy atom. The summed E-state index contributed by atoms with van der Waals surface area (Å²) in [6.45, 7) is 6.46. The molecule has 0 aromatic carbocycles. The van der Waals surface area contributed by atoms with Crippen LogP contribution in [0.1, 0.15) is 297 Å². The first-order valence-electron chi connectivity index (χ1n) is 33.8. The molecule has 0 radical (unpaired) electrons. The Kier molecular flexibility index (Phi) is 64.8. The highest BCUT2D eigenvalue weighted by atomic mass is 16.6. The van der Waals surface area contributed by atoms with Gasteiger partial charge in [0.2, 0.25) is 0 Å². The van der Waals surface area contributed by atoms with Gasteiger partial charge in [-0.3, -0.25) is 14.4 Å². The van der Waals surface area contributed by atoms with Crippen molar-refractivity contribution in [1.29, 1.82) is 0 Å². The summed E-state index contributed by atoms with van der Waals surface area (Å²) < 4.78 is 16.9. The van der Waals surface area contributed by atoms with Crippen LogP contribution in [0.4, 0.5) is 0 Å². The molecule has 0 aromatic rings. The van der Waals surface area contributed by atoms with Gasteiger partial charge in [0.05, 0.1) is 0 Å². The SMILES string of the molecule is CC/C=C\C/C=C\C/C=C\C/C=C\C/C=C\C/C=C\C/C=C\C/C=C\CCCCCCCCCCC(=O)OCC(COC(=O)CCCCCCC/C=C\C/C=C\CCCCC)OC(=O)CCCCCCC/C=C\C/C=C\CCCCCC. The lowest BCUT2D eigenvalue weighted by molar-refractivity contribution is -0.167. The molecule has 0 rings (SSSR count). The van der Waals surface area contributed by atoms with Gasteiger partial charge in [0.15, 0.2) is 6.10 Å². The summed E-state index contributed by atoms with van der Waals surface area (Å²) in [7, 11) is 0. The first kappa shape index (κ1) is 77.3. The number of unbranched alkanes of at least 4 members (excludes halogenated alkanes) is 25. The van der Waals surface area contributed by atoms with Crippen molar-refractivity contribution < 1.29 is 28.6 Å². The van der Waals surface area contributed by atoms with Crippen LogP contribution in [0.5, 0.6) is 0 Å². The van der Waals surface area contributed by atoms with Crippen molar-refractivity contribution >= 4 is 17.9 Å². The van der Waals surface area contributed by atoms with E-state index in [2.05, 4.69) is 167 Å². The van der Waals surface area contributed by atoms with Crippen LogP contribution in [-0.2, 0) is 28.6 Å². The van der Waals surface area contributed by atoms with Crippen LogP contribution in [0.25, 0.3) is 0 Å². The minimum atomic E-state index is -0.801. The van der Waals surface area contributed by atoms with E-state index < -0.39 is 6.10 Å². The number of hydrogen-bond acceptors (Lipinski definition) is 6. The molecule has 0 saturated carbocycles. The molecule has 0 heterocycles. The zero-order valence-corrected chi connectivity index (χ0v) is 53.2. The maximum absolute atomic E-state index is 12.9. The lowest BCUT2D eigenvalue weighted by Gasteiger charge is -2.18. The second-order valence-corrected chi connectivity index (χ2v) is 22.0. The summed E-state index contributed by atoms with van der Waals surface area (Å²) in [5.41, 5.74) is 0. The highest BCUT2D eigenvalue weighted by molar-refractivity contribution is 5.71. The lowest BCUT2D eigenvalue weighted by Crippen LogP contribution is -2.30. The molecule has 0 amide bonds. The van der Waals surface area contributed by atoms with Gasteiger partial charge >= 0.3 is 17.9 Å².